The molecule has 4 aliphatic heterocycles. The van der Waals surface area contributed by atoms with Crippen molar-refractivity contribution in [2.75, 3.05) is 50.8 Å². The van der Waals surface area contributed by atoms with Gasteiger partial charge >= 0.3 is 17.9 Å². The molecule has 6 rings (SSSR count). The Labute approximate surface area is 224 Å². The minimum Gasteiger partial charge on any atom is -0.426 e. The van der Waals surface area contributed by atoms with Crippen molar-refractivity contribution in [3.05, 3.63) is 17.2 Å². The monoisotopic (exact) mass is 545 g/mol. The fourth-order valence-corrected chi connectivity index (χ4v) is 6.62. The number of carbonyl (C=O) groups excluding carboxylic acids is 4. The van der Waals surface area contributed by atoms with E-state index < -0.39 is 42.3 Å². The van der Waals surface area contributed by atoms with Gasteiger partial charge in [-0.1, -0.05) is 6.42 Å². The molecule has 1 atom stereocenters. The molecule has 204 valence electrons. The van der Waals surface area contributed by atoms with Crippen LogP contribution in [0.5, 0.6) is 17.2 Å². The molecule has 0 spiro atoms. The van der Waals surface area contributed by atoms with Crippen LogP contribution in [-0.2, 0) is 20.9 Å². The largest absolute Gasteiger partial charge is 0.426 e. The van der Waals surface area contributed by atoms with Crippen LogP contribution in [0.25, 0.3) is 0 Å². The Morgan fingerprint density at radius 3 is 2.29 bits per heavy atom. The van der Waals surface area contributed by atoms with E-state index in [0.29, 0.717) is 24.7 Å². The first-order valence-electron chi connectivity index (χ1n) is 13.2. The summed E-state index contributed by atoms with van der Waals surface area (Å²) in [5.74, 6) is -1.80. The van der Waals surface area contributed by atoms with Crippen LogP contribution in [0.2, 0.25) is 0 Å². The van der Waals surface area contributed by atoms with Crippen molar-refractivity contribution in [2.24, 2.45) is 0 Å². The van der Waals surface area contributed by atoms with Gasteiger partial charge in [-0.25, -0.2) is 4.79 Å². The van der Waals surface area contributed by atoms with Crippen molar-refractivity contribution >= 4 is 35.6 Å². The zero-order valence-electron chi connectivity index (χ0n) is 21.1. The van der Waals surface area contributed by atoms with Crippen molar-refractivity contribution < 1.29 is 38.5 Å². The Balaban J connectivity index is 1.41. The smallest absolute Gasteiger partial charge is 0.344 e. The molecular formula is C26H31N3O8S. The molecule has 0 radical (unpaired) electrons. The van der Waals surface area contributed by atoms with Crippen molar-refractivity contribution in [1.82, 2.24) is 14.7 Å². The van der Waals surface area contributed by atoms with Crippen LogP contribution < -0.4 is 14.2 Å². The third kappa shape index (κ3) is 4.78. The zero-order valence-corrected chi connectivity index (χ0v) is 21.9. The number of nitrogens with zero attached hydrogens (tertiary/aromatic N) is 3. The number of fused-ring (bicyclic) bond motifs is 3. The van der Waals surface area contributed by atoms with Crippen LogP contribution in [0.1, 0.15) is 48.0 Å². The van der Waals surface area contributed by atoms with Crippen LogP contribution in [0.15, 0.2) is 6.07 Å². The van der Waals surface area contributed by atoms with Crippen molar-refractivity contribution in [1.29, 1.82) is 0 Å². The third-order valence-electron chi connectivity index (χ3n) is 8.09. The van der Waals surface area contributed by atoms with E-state index in [1.54, 1.807) is 4.90 Å². The first-order chi connectivity index (χ1) is 18.3. The summed E-state index contributed by atoms with van der Waals surface area (Å²) in [6.45, 7) is 4.26. The van der Waals surface area contributed by atoms with Crippen LogP contribution in [-0.4, -0.2) is 106 Å². The fraction of sp³-hybridized carbons (Fsp3) is 0.615. The topological polar surface area (TPSA) is 126 Å². The lowest BCUT2D eigenvalue weighted by molar-refractivity contribution is -0.168. The molecule has 1 aliphatic carbocycles. The minimum atomic E-state index is -2.43. The SMILES string of the molecule is O=C1CC2(O)CC(=O)Oc3c(C(=O)N4CCN(C5CCC5)CC4)cc(c(CN4CCSCC4)c3OC2=O)O1. The van der Waals surface area contributed by atoms with E-state index in [-0.39, 0.29) is 29.4 Å². The van der Waals surface area contributed by atoms with Gasteiger partial charge in [-0.05, 0) is 18.9 Å². The molecule has 38 heavy (non-hydrogen) atoms. The summed E-state index contributed by atoms with van der Waals surface area (Å²) in [6.07, 6.45) is 2.02. The predicted octanol–water partition coefficient (Wildman–Crippen LogP) is 0.800. The predicted molar refractivity (Wildman–Crippen MR) is 135 cm³/mol. The molecule has 11 nitrogen and oxygen atoms in total. The van der Waals surface area contributed by atoms with Gasteiger partial charge in [0.05, 0.1) is 24.0 Å². The summed E-state index contributed by atoms with van der Waals surface area (Å²) >= 11 is 1.83. The number of hydrogen-bond donors (Lipinski definition) is 1. The van der Waals surface area contributed by atoms with E-state index in [2.05, 4.69) is 9.80 Å². The average Bonchev–Trinajstić information content (AvgIpc) is 2.87. The molecule has 12 heteroatoms. The van der Waals surface area contributed by atoms with Crippen LogP contribution in [0, 0.1) is 0 Å². The summed E-state index contributed by atoms with van der Waals surface area (Å²) in [5, 5.41) is 10.9. The van der Waals surface area contributed by atoms with Crippen molar-refractivity contribution in [2.45, 2.75) is 50.3 Å². The highest BCUT2D eigenvalue weighted by atomic mass is 32.2. The maximum absolute atomic E-state index is 13.8. The number of piperazine rings is 1. The van der Waals surface area contributed by atoms with Crippen molar-refractivity contribution in [3.63, 3.8) is 0 Å². The zero-order chi connectivity index (χ0) is 26.4. The van der Waals surface area contributed by atoms with Crippen molar-refractivity contribution in [3.8, 4) is 17.2 Å². The second-order valence-corrected chi connectivity index (χ2v) is 11.8. The summed E-state index contributed by atoms with van der Waals surface area (Å²) in [5.41, 5.74) is -2.11. The van der Waals surface area contributed by atoms with Crippen LogP contribution >= 0.6 is 11.8 Å². The number of carbonyl (C=O) groups is 4. The normalized spacial score (nSPS) is 26.9. The van der Waals surface area contributed by atoms with E-state index in [4.69, 9.17) is 14.2 Å². The highest BCUT2D eigenvalue weighted by molar-refractivity contribution is 7.99. The number of esters is 3. The van der Waals surface area contributed by atoms with E-state index in [1.165, 1.54) is 25.3 Å². The average molecular weight is 546 g/mol. The third-order valence-corrected chi connectivity index (χ3v) is 9.04. The van der Waals surface area contributed by atoms with E-state index >= 15 is 0 Å². The molecule has 1 amide bonds. The standard InChI is InChI=1S/C26H31N3O8S/c30-20-13-26(34)14-21(31)36-22-17(24(32)29-6-4-28(5-7-29)16-2-1-3-16)12-19(35-20)18(23(22)37-25(26)33)15-27-8-10-38-11-9-27/h12,16,34H,1-11,13-15H2. The second-order valence-electron chi connectivity index (χ2n) is 10.6. The molecule has 3 bridgehead atoms. The van der Waals surface area contributed by atoms with Gasteiger partial charge in [0.2, 0.25) is 0 Å². The fourth-order valence-electron chi connectivity index (χ4n) is 5.64. The molecular weight excluding hydrogens is 514 g/mol. The Bertz CT molecular complexity index is 1170. The van der Waals surface area contributed by atoms with Gasteiger partial charge in [-0.3, -0.25) is 24.2 Å². The Morgan fingerprint density at radius 1 is 0.947 bits per heavy atom. The molecule has 1 N–H and O–H groups in total. The maximum Gasteiger partial charge on any atom is 0.344 e. The minimum absolute atomic E-state index is 0.00802. The number of aliphatic hydroxyl groups is 1. The summed E-state index contributed by atoms with van der Waals surface area (Å²) < 4.78 is 17.0. The van der Waals surface area contributed by atoms with Crippen LogP contribution in [0.4, 0.5) is 0 Å². The lowest BCUT2D eigenvalue weighted by Gasteiger charge is -2.43. The number of benzene rings is 1. The van der Waals surface area contributed by atoms with Gasteiger partial charge < -0.3 is 24.2 Å². The van der Waals surface area contributed by atoms with Gasteiger partial charge in [-0.2, -0.15) is 11.8 Å². The van der Waals surface area contributed by atoms with Gasteiger partial charge in [0.1, 0.15) is 5.75 Å². The highest BCUT2D eigenvalue weighted by Crippen LogP contribution is 2.46. The van der Waals surface area contributed by atoms with Gasteiger partial charge in [-0.15, -0.1) is 0 Å². The second kappa shape index (κ2) is 10.1. The summed E-state index contributed by atoms with van der Waals surface area (Å²) in [6, 6.07) is 1.99. The van der Waals surface area contributed by atoms with E-state index in [9.17, 15) is 24.3 Å². The number of amides is 1. The van der Waals surface area contributed by atoms with Crippen LogP contribution in [0.3, 0.4) is 0 Å². The maximum atomic E-state index is 13.8. The first-order valence-corrected chi connectivity index (χ1v) is 14.4. The molecule has 4 heterocycles. The molecule has 1 aromatic rings. The lowest BCUT2D eigenvalue weighted by atomic mass is 9.91. The number of rotatable bonds is 4. The number of hydrogen-bond acceptors (Lipinski definition) is 11. The van der Waals surface area contributed by atoms with E-state index in [1.807, 2.05) is 11.8 Å². The van der Waals surface area contributed by atoms with Gasteiger partial charge in [0, 0.05) is 63.4 Å². The lowest BCUT2D eigenvalue weighted by Crippen LogP contribution is -2.53. The summed E-state index contributed by atoms with van der Waals surface area (Å²) in [7, 11) is 0. The highest BCUT2D eigenvalue weighted by Gasteiger charge is 2.48. The molecule has 0 aromatic heterocycles. The number of thioether (sulfide) groups is 1. The summed E-state index contributed by atoms with van der Waals surface area (Å²) in [4.78, 5) is 58.8. The molecule has 1 saturated carbocycles. The molecule has 1 aromatic carbocycles. The van der Waals surface area contributed by atoms with Gasteiger partial charge in [0.25, 0.3) is 5.91 Å². The molecule has 3 fully saturated rings. The first kappa shape index (κ1) is 25.6. The number of ether oxygens (including phenoxy) is 3. The molecule has 5 aliphatic rings. The Kier molecular flexibility index (Phi) is 6.83. The Morgan fingerprint density at radius 2 is 1.63 bits per heavy atom. The Hall–Kier alpha value is -2.67. The quantitative estimate of drug-likeness (QED) is 0.427. The van der Waals surface area contributed by atoms with E-state index in [0.717, 1.165) is 37.7 Å². The van der Waals surface area contributed by atoms with Gasteiger partial charge in [0.15, 0.2) is 17.1 Å². The molecule has 1 unspecified atom stereocenters. The molecule has 2 saturated heterocycles.